The highest BCUT2D eigenvalue weighted by molar-refractivity contribution is 6.25. The van der Waals surface area contributed by atoms with E-state index in [0.717, 1.165) is 0 Å². The number of alkyl halides is 6. The molecule has 13 heteroatoms. The van der Waals surface area contributed by atoms with E-state index in [1.165, 1.54) is 31.2 Å². The summed E-state index contributed by atoms with van der Waals surface area (Å²) in [6, 6.07) is 4.97. The van der Waals surface area contributed by atoms with Crippen molar-refractivity contribution in [3.05, 3.63) is 87.5 Å². The minimum atomic E-state index is -5.20. The van der Waals surface area contributed by atoms with Crippen LogP contribution in [-0.4, -0.2) is 35.1 Å². The van der Waals surface area contributed by atoms with Crippen LogP contribution < -0.4 is 9.64 Å². The number of anilines is 1. The van der Waals surface area contributed by atoms with E-state index in [-0.39, 0.29) is 53.7 Å². The number of hydrogen-bond donors (Lipinski definition) is 1. The maximum atomic E-state index is 14.0. The molecule has 1 saturated heterocycles. The number of ether oxygens (including phenoxy) is 1. The average molecular weight is 646 g/mol. The van der Waals surface area contributed by atoms with Gasteiger partial charge in [0.05, 0.1) is 35.3 Å². The molecule has 4 atom stereocenters. The van der Waals surface area contributed by atoms with Crippen LogP contribution in [0, 0.1) is 17.8 Å². The third-order valence-electron chi connectivity index (χ3n) is 9.01. The number of hydrogen-bond acceptors (Lipinski definition) is 6. The lowest BCUT2D eigenvalue weighted by atomic mass is 9.59. The summed E-state index contributed by atoms with van der Waals surface area (Å²) >= 11 is 0. The Bertz CT molecular complexity index is 1780. The number of rotatable bonds is 4. The number of carbonyl (C=O) groups excluding carboxylic acids is 4. The standard InChI is InChI=1S/C33H25F6NO6/c1-3-46-25-9-15(4-7-23(25)41)26-19-5-6-20-27(21(19)13-22-28(26)24(42)8-14(2)29(22)43)31(45)40(30(20)44)18-11-16(32(34,35)36)10-17(12-18)33(37,38)39/h4-5,7-12,20-21,26-27,41H,3,6,13H2,1-2H3. The van der Waals surface area contributed by atoms with Gasteiger partial charge in [-0.2, -0.15) is 26.3 Å². The van der Waals surface area contributed by atoms with E-state index in [9.17, 15) is 50.6 Å². The smallest absolute Gasteiger partial charge is 0.416 e. The summed E-state index contributed by atoms with van der Waals surface area (Å²) in [5.74, 6) is -7.08. The third kappa shape index (κ3) is 4.92. The van der Waals surface area contributed by atoms with Crippen LogP contribution >= 0.6 is 0 Å². The van der Waals surface area contributed by atoms with Crippen molar-refractivity contribution in [1.29, 1.82) is 0 Å². The molecule has 0 spiro atoms. The fraction of sp³-hybridized carbons (Fsp3) is 0.333. The number of Topliss-reactive ketones (excluding diaryl/α,β-unsaturated/α-hetero) is 1. The number of fused-ring (bicyclic) bond motifs is 3. The summed E-state index contributed by atoms with van der Waals surface area (Å²) in [5.41, 5.74) is -2.84. The first kappa shape index (κ1) is 31.3. The van der Waals surface area contributed by atoms with Gasteiger partial charge < -0.3 is 9.84 Å². The van der Waals surface area contributed by atoms with Crippen LogP contribution in [-0.2, 0) is 31.5 Å². The summed E-state index contributed by atoms with van der Waals surface area (Å²) in [7, 11) is 0. The molecule has 2 aromatic carbocycles. The second-order valence-corrected chi connectivity index (χ2v) is 11.7. The van der Waals surface area contributed by atoms with Crippen molar-refractivity contribution in [3.8, 4) is 11.5 Å². The van der Waals surface area contributed by atoms with Crippen LogP contribution in [0.25, 0.3) is 0 Å². The zero-order chi connectivity index (χ0) is 33.5. The van der Waals surface area contributed by atoms with Crippen LogP contribution in [0.15, 0.2) is 70.8 Å². The minimum absolute atomic E-state index is 0.0866. The fourth-order valence-electron chi connectivity index (χ4n) is 7.06. The molecule has 4 aliphatic rings. The number of halogens is 6. The van der Waals surface area contributed by atoms with Crippen molar-refractivity contribution >= 4 is 29.1 Å². The average Bonchev–Trinajstić information content (AvgIpc) is 3.24. The number of phenolic OH excluding ortho intramolecular Hbond substituents is 1. The largest absolute Gasteiger partial charge is 0.504 e. The fourth-order valence-corrected chi connectivity index (χ4v) is 7.06. The summed E-state index contributed by atoms with van der Waals surface area (Å²) in [5, 5.41) is 10.3. The number of carbonyl (C=O) groups is 4. The molecule has 0 radical (unpaired) electrons. The van der Waals surface area contributed by atoms with E-state index in [1.54, 1.807) is 13.0 Å². The lowest BCUT2D eigenvalue weighted by molar-refractivity contribution is -0.143. The Balaban J connectivity index is 1.48. The van der Waals surface area contributed by atoms with Crippen molar-refractivity contribution in [1.82, 2.24) is 0 Å². The molecule has 1 aliphatic heterocycles. The molecule has 240 valence electrons. The number of aromatic hydroxyl groups is 1. The first-order valence-corrected chi connectivity index (χ1v) is 14.4. The van der Waals surface area contributed by atoms with Gasteiger partial charge in [0.1, 0.15) is 0 Å². The van der Waals surface area contributed by atoms with Crippen molar-refractivity contribution in [2.24, 2.45) is 17.8 Å². The van der Waals surface area contributed by atoms with Gasteiger partial charge in [-0.3, -0.25) is 19.2 Å². The SMILES string of the molecule is CCOc1cc(C2C3=CCC4C(=O)N(c5cc(C(F)(F)F)cc(C(F)(F)F)c5)C(=O)C4C3CC3=C2C(=O)C=C(C)C3=O)ccc1O. The van der Waals surface area contributed by atoms with Gasteiger partial charge >= 0.3 is 12.4 Å². The van der Waals surface area contributed by atoms with Crippen molar-refractivity contribution in [2.45, 2.75) is 45.0 Å². The summed E-state index contributed by atoms with van der Waals surface area (Å²) in [4.78, 5) is 54.9. The normalized spacial score (nSPS) is 24.8. The molecule has 0 saturated carbocycles. The second kappa shape index (κ2) is 10.7. The maximum absolute atomic E-state index is 14.0. The molecule has 4 unspecified atom stereocenters. The number of phenols is 1. The third-order valence-corrected chi connectivity index (χ3v) is 9.01. The van der Waals surface area contributed by atoms with E-state index in [0.29, 0.717) is 28.2 Å². The van der Waals surface area contributed by atoms with E-state index in [2.05, 4.69) is 0 Å². The quantitative estimate of drug-likeness (QED) is 0.177. The summed E-state index contributed by atoms with van der Waals surface area (Å²) in [6.07, 6.45) is -7.77. The molecule has 2 aromatic rings. The Morgan fingerprint density at radius 1 is 0.913 bits per heavy atom. The Morgan fingerprint density at radius 3 is 2.17 bits per heavy atom. The Morgan fingerprint density at radius 2 is 1.57 bits per heavy atom. The van der Waals surface area contributed by atoms with E-state index in [4.69, 9.17) is 4.74 Å². The first-order valence-electron chi connectivity index (χ1n) is 14.4. The zero-order valence-corrected chi connectivity index (χ0v) is 24.3. The highest BCUT2D eigenvalue weighted by atomic mass is 19.4. The zero-order valence-electron chi connectivity index (χ0n) is 24.3. The molecule has 0 bridgehead atoms. The van der Waals surface area contributed by atoms with Crippen molar-refractivity contribution in [3.63, 3.8) is 0 Å². The van der Waals surface area contributed by atoms with Crippen LogP contribution in [0.1, 0.15) is 49.3 Å². The molecule has 0 aromatic heterocycles. The van der Waals surface area contributed by atoms with Crippen molar-refractivity contribution < 1.29 is 55.4 Å². The molecular formula is C33H25F6NO6. The lowest BCUT2D eigenvalue weighted by Crippen LogP contribution is -2.39. The Labute approximate surface area is 257 Å². The Hall–Kier alpha value is -4.68. The molecular weight excluding hydrogens is 620 g/mol. The topological polar surface area (TPSA) is 101 Å². The molecule has 46 heavy (non-hydrogen) atoms. The lowest BCUT2D eigenvalue weighted by Gasteiger charge is -2.42. The number of ketones is 2. The predicted molar refractivity (Wildman–Crippen MR) is 150 cm³/mol. The highest BCUT2D eigenvalue weighted by Crippen LogP contribution is 2.56. The molecule has 2 amide bonds. The second-order valence-electron chi connectivity index (χ2n) is 11.7. The van der Waals surface area contributed by atoms with E-state index >= 15 is 0 Å². The van der Waals surface area contributed by atoms with E-state index < -0.39 is 76.2 Å². The van der Waals surface area contributed by atoms with Gasteiger partial charge in [-0.25, -0.2) is 4.90 Å². The van der Waals surface area contributed by atoms with Crippen LogP contribution in [0.4, 0.5) is 32.0 Å². The van der Waals surface area contributed by atoms with Crippen molar-refractivity contribution in [2.75, 3.05) is 11.5 Å². The number of amides is 2. The Kier molecular flexibility index (Phi) is 7.28. The summed E-state index contributed by atoms with van der Waals surface area (Å²) < 4.78 is 87.4. The molecule has 6 rings (SSSR count). The van der Waals surface area contributed by atoms with Crippen LogP contribution in [0.3, 0.4) is 0 Å². The molecule has 1 N–H and O–H groups in total. The van der Waals surface area contributed by atoms with Gasteiger partial charge in [0.2, 0.25) is 11.8 Å². The number of imide groups is 1. The van der Waals surface area contributed by atoms with Gasteiger partial charge in [0.15, 0.2) is 23.1 Å². The summed E-state index contributed by atoms with van der Waals surface area (Å²) in [6.45, 7) is 3.35. The number of allylic oxidation sites excluding steroid dienone is 6. The monoisotopic (exact) mass is 645 g/mol. The van der Waals surface area contributed by atoms with Gasteiger partial charge in [-0.05, 0) is 74.6 Å². The maximum Gasteiger partial charge on any atom is 0.416 e. The first-order chi connectivity index (χ1) is 21.5. The molecule has 3 aliphatic carbocycles. The van der Waals surface area contributed by atoms with Crippen LogP contribution in [0.5, 0.6) is 11.5 Å². The minimum Gasteiger partial charge on any atom is -0.504 e. The number of benzene rings is 2. The van der Waals surface area contributed by atoms with Gasteiger partial charge in [-0.15, -0.1) is 0 Å². The highest BCUT2D eigenvalue weighted by Gasteiger charge is 2.57. The molecule has 1 fully saturated rings. The van der Waals surface area contributed by atoms with Gasteiger partial charge in [0, 0.05) is 22.6 Å². The predicted octanol–water partition coefficient (Wildman–Crippen LogP) is 6.46. The number of nitrogens with zero attached hydrogens (tertiary/aromatic N) is 1. The van der Waals surface area contributed by atoms with Gasteiger partial charge in [-0.1, -0.05) is 17.7 Å². The molecule has 7 nitrogen and oxygen atoms in total. The molecule has 1 heterocycles. The van der Waals surface area contributed by atoms with Gasteiger partial charge in [0.25, 0.3) is 0 Å². The van der Waals surface area contributed by atoms with E-state index in [1.807, 2.05) is 0 Å². The van der Waals surface area contributed by atoms with Crippen LogP contribution in [0.2, 0.25) is 0 Å².